The number of alkyl halides is 3. The van der Waals surface area contributed by atoms with Crippen molar-refractivity contribution in [2.45, 2.75) is 50.2 Å². The van der Waals surface area contributed by atoms with Crippen LogP contribution < -0.4 is 0 Å². The molecule has 1 saturated carbocycles. The second-order valence-corrected chi connectivity index (χ2v) is 8.45. The molecule has 0 spiro atoms. The zero-order valence-electron chi connectivity index (χ0n) is 16.4. The molecule has 0 aliphatic heterocycles. The highest BCUT2D eigenvalue weighted by molar-refractivity contribution is 5.39. The zero-order chi connectivity index (χ0) is 19.8. The Labute approximate surface area is 165 Å². The van der Waals surface area contributed by atoms with Gasteiger partial charge in [0.1, 0.15) is 0 Å². The minimum atomic E-state index is -4.27. The number of likely N-dealkylation sites (N-methyl/N-ethyl adjacent to an activating group) is 1. The number of halogens is 3. The van der Waals surface area contributed by atoms with Crippen LogP contribution in [0.15, 0.2) is 60.2 Å². The van der Waals surface area contributed by atoms with Crippen LogP contribution >= 0.6 is 0 Å². The first-order chi connectivity index (χ1) is 13.4. The summed E-state index contributed by atoms with van der Waals surface area (Å²) in [5.74, 6) is 1.15. The summed E-state index contributed by atoms with van der Waals surface area (Å²) in [5, 5.41) is 0. The van der Waals surface area contributed by atoms with Crippen LogP contribution in [-0.2, 0) is 12.6 Å². The smallest absolute Gasteiger partial charge is 0.297 e. The van der Waals surface area contributed by atoms with E-state index in [0.29, 0.717) is 18.3 Å². The molecule has 0 bridgehead atoms. The SMILES string of the molecule is CN(CCCc1cccc(C(F)(F)F)c1)C1(C2=CC=CC3C=CCCC23)CC1. The van der Waals surface area contributed by atoms with Gasteiger partial charge < -0.3 is 0 Å². The second-order valence-electron chi connectivity index (χ2n) is 8.45. The van der Waals surface area contributed by atoms with Gasteiger partial charge in [-0.2, -0.15) is 13.2 Å². The first-order valence-electron chi connectivity index (χ1n) is 10.3. The summed E-state index contributed by atoms with van der Waals surface area (Å²) in [4.78, 5) is 2.46. The topological polar surface area (TPSA) is 3.24 Å². The number of rotatable bonds is 6. The van der Waals surface area contributed by atoms with Crippen LogP contribution in [0.5, 0.6) is 0 Å². The molecule has 2 atom stereocenters. The van der Waals surface area contributed by atoms with E-state index in [9.17, 15) is 13.2 Å². The molecule has 2 unspecified atom stereocenters. The summed E-state index contributed by atoms with van der Waals surface area (Å²) in [7, 11) is 2.19. The lowest BCUT2D eigenvalue weighted by molar-refractivity contribution is -0.137. The van der Waals surface area contributed by atoms with Crippen molar-refractivity contribution in [2.75, 3.05) is 13.6 Å². The van der Waals surface area contributed by atoms with Gasteiger partial charge in [-0.1, -0.05) is 48.6 Å². The molecule has 1 aromatic rings. The maximum atomic E-state index is 12.9. The molecule has 4 rings (SSSR count). The average Bonchev–Trinajstić information content (AvgIpc) is 3.49. The fourth-order valence-electron chi connectivity index (χ4n) is 4.97. The summed E-state index contributed by atoms with van der Waals surface area (Å²) in [6.07, 6.45) is 13.5. The Morgan fingerprint density at radius 3 is 2.75 bits per heavy atom. The maximum absolute atomic E-state index is 12.9. The van der Waals surface area contributed by atoms with Crippen molar-refractivity contribution in [1.29, 1.82) is 0 Å². The van der Waals surface area contributed by atoms with E-state index >= 15 is 0 Å². The summed E-state index contributed by atoms with van der Waals surface area (Å²) >= 11 is 0. The van der Waals surface area contributed by atoms with E-state index in [1.165, 1.54) is 31.4 Å². The third kappa shape index (κ3) is 3.84. The van der Waals surface area contributed by atoms with Gasteiger partial charge in [0.05, 0.1) is 5.56 Å². The molecule has 1 fully saturated rings. The van der Waals surface area contributed by atoms with E-state index in [1.807, 2.05) is 0 Å². The quantitative estimate of drug-likeness (QED) is 0.527. The fraction of sp³-hybridized carbons (Fsp3) is 0.500. The monoisotopic (exact) mass is 387 g/mol. The Morgan fingerprint density at radius 2 is 2.00 bits per heavy atom. The van der Waals surface area contributed by atoms with Crippen molar-refractivity contribution in [3.8, 4) is 0 Å². The summed E-state index contributed by atoms with van der Waals surface area (Å²) in [5.41, 5.74) is 1.97. The fourth-order valence-corrected chi connectivity index (χ4v) is 4.97. The molecule has 0 saturated heterocycles. The number of nitrogens with zero attached hydrogens (tertiary/aromatic N) is 1. The Balaban J connectivity index is 1.38. The van der Waals surface area contributed by atoms with E-state index in [-0.39, 0.29) is 5.54 Å². The predicted octanol–water partition coefficient (Wildman–Crippen LogP) is 6.18. The predicted molar refractivity (Wildman–Crippen MR) is 107 cm³/mol. The minimum absolute atomic E-state index is 0.173. The highest BCUT2D eigenvalue weighted by atomic mass is 19.4. The van der Waals surface area contributed by atoms with Gasteiger partial charge in [-0.05, 0) is 75.2 Å². The molecule has 0 radical (unpaired) electrons. The molecular weight excluding hydrogens is 359 g/mol. The van der Waals surface area contributed by atoms with Crippen LogP contribution in [0.3, 0.4) is 0 Å². The van der Waals surface area contributed by atoms with Gasteiger partial charge in [0, 0.05) is 11.5 Å². The van der Waals surface area contributed by atoms with Gasteiger partial charge in [0.2, 0.25) is 0 Å². The Hall–Kier alpha value is -1.81. The second kappa shape index (κ2) is 7.55. The molecule has 150 valence electrons. The van der Waals surface area contributed by atoms with Crippen LogP contribution in [0.1, 0.15) is 43.2 Å². The molecule has 4 heteroatoms. The molecule has 0 heterocycles. The third-order valence-corrected chi connectivity index (χ3v) is 6.68. The Kier molecular flexibility index (Phi) is 5.26. The number of fused-ring (bicyclic) bond motifs is 1. The molecule has 3 aliphatic carbocycles. The number of hydrogen-bond donors (Lipinski definition) is 0. The van der Waals surface area contributed by atoms with E-state index in [2.05, 4.69) is 42.3 Å². The number of aryl methyl sites for hydroxylation is 1. The van der Waals surface area contributed by atoms with Gasteiger partial charge in [-0.25, -0.2) is 0 Å². The molecule has 0 aromatic heterocycles. The molecule has 1 nitrogen and oxygen atoms in total. The number of allylic oxidation sites excluding steroid dienone is 5. The number of hydrogen-bond acceptors (Lipinski definition) is 1. The van der Waals surface area contributed by atoms with E-state index in [0.717, 1.165) is 31.0 Å². The van der Waals surface area contributed by atoms with Gasteiger partial charge in [0.25, 0.3) is 0 Å². The van der Waals surface area contributed by atoms with E-state index in [4.69, 9.17) is 0 Å². The standard InChI is InChI=1S/C24H28F3N/c1-28(16-6-8-18-7-4-11-20(17-18)24(25,26)27)23(14-15-23)22-13-5-10-19-9-2-3-12-21(19)22/h2,4-5,7,9-11,13,17,19,21H,3,6,8,12,14-16H2,1H3. The lowest BCUT2D eigenvalue weighted by Gasteiger charge is -2.39. The lowest BCUT2D eigenvalue weighted by atomic mass is 9.73. The van der Waals surface area contributed by atoms with Crippen LogP contribution in [0.2, 0.25) is 0 Å². The van der Waals surface area contributed by atoms with Crippen molar-refractivity contribution in [3.63, 3.8) is 0 Å². The van der Waals surface area contributed by atoms with Crippen molar-refractivity contribution >= 4 is 0 Å². The molecule has 28 heavy (non-hydrogen) atoms. The largest absolute Gasteiger partial charge is 0.416 e. The summed E-state index contributed by atoms with van der Waals surface area (Å²) < 4.78 is 38.7. The maximum Gasteiger partial charge on any atom is 0.416 e. The van der Waals surface area contributed by atoms with Crippen molar-refractivity contribution < 1.29 is 13.2 Å². The van der Waals surface area contributed by atoms with Crippen LogP contribution in [0, 0.1) is 11.8 Å². The van der Waals surface area contributed by atoms with Crippen LogP contribution in [0.4, 0.5) is 13.2 Å². The van der Waals surface area contributed by atoms with E-state index in [1.54, 1.807) is 11.6 Å². The normalized spacial score (nSPS) is 25.5. The highest BCUT2D eigenvalue weighted by Gasteiger charge is 2.51. The average molecular weight is 387 g/mol. The molecule has 3 aliphatic rings. The molecular formula is C24H28F3N. The zero-order valence-corrected chi connectivity index (χ0v) is 16.4. The van der Waals surface area contributed by atoms with Crippen molar-refractivity contribution in [1.82, 2.24) is 4.90 Å². The summed E-state index contributed by atoms with van der Waals surface area (Å²) in [6.45, 7) is 0.907. The van der Waals surface area contributed by atoms with Gasteiger partial charge in [-0.3, -0.25) is 4.90 Å². The van der Waals surface area contributed by atoms with Crippen molar-refractivity contribution in [3.05, 3.63) is 71.3 Å². The minimum Gasteiger partial charge on any atom is -0.297 e. The Bertz CT molecular complexity index is 798. The first-order valence-corrected chi connectivity index (χ1v) is 10.3. The number of benzene rings is 1. The van der Waals surface area contributed by atoms with Crippen LogP contribution in [0.25, 0.3) is 0 Å². The Morgan fingerprint density at radius 1 is 1.18 bits per heavy atom. The van der Waals surface area contributed by atoms with Gasteiger partial charge >= 0.3 is 6.18 Å². The van der Waals surface area contributed by atoms with Crippen molar-refractivity contribution in [2.24, 2.45) is 11.8 Å². The van der Waals surface area contributed by atoms with E-state index < -0.39 is 11.7 Å². The first kappa shape index (κ1) is 19.5. The van der Waals surface area contributed by atoms with Crippen LogP contribution in [-0.4, -0.2) is 24.0 Å². The van der Waals surface area contributed by atoms with Gasteiger partial charge in [0.15, 0.2) is 0 Å². The summed E-state index contributed by atoms with van der Waals surface area (Å²) in [6, 6.07) is 5.75. The molecule has 0 N–H and O–H groups in total. The van der Waals surface area contributed by atoms with Gasteiger partial charge in [-0.15, -0.1) is 0 Å². The molecule has 0 amide bonds. The molecule has 1 aromatic carbocycles. The third-order valence-electron chi connectivity index (χ3n) is 6.68. The lowest BCUT2D eigenvalue weighted by Crippen LogP contribution is -2.40. The highest BCUT2D eigenvalue weighted by Crippen LogP contribution is 2.53.